The first-order valence-electron chi connectivity index (χ1n) is 11.2. The number of halogens is 4. The highest BCUT2D eigenvalue weighted by Crippen LogP contribution is 2.39. The molecule has 0 saturated carbocycles. The highest BCUT2D eigenvalue weighted by atomic mass is 35.5. The van der Waals surface area contributed by atoms with Gasteiger partial charge in [-0.25, -0.2) is 0 Å². The van der Waals surface area contributed by atoms with Crippen LogP contribution in [0.5, 0.6) is 0 Å². The number of nitrogens with zero attached hydrogens (tertiary/aromatic N) is 2. The Bertz CT molecular complexity index is 1080. The Morgan fingerprint density at radius 1 is 1.09 bits per heavy atom. The summed E-state index contributed by atoms with van der Waals surface area (Å²) in [4.78, 5) is 28.5. The van der Waals surface area contributed by atoms with Crippen LogP contribution in [0.1, 0.15) is 37.3 Å². The number of anilines is 3. The molecule has 2 aliphatic heterocycles. The van der Waals surface area contributed by atoms with Crippen molar-refractivity contribution in [3.63, 3.8) is 0 Å². The molecule has 1 saturated heterocycles. The first-order chi connectivity index (χ1) is 16.1. The quantitative estimate of drug-likeness (QED) is 0.563. The summed E-state index contributed by atoms with van der Waals surface area (Å²) in [6.45, 7) is 3.27. The molecule has 2 heterocycles. The molecule has 0 aromatic heterocycles. The van der Waals surface area contributed by atoms with Crippen molar-refractivity contribution in [2.75, 3.05) is 28.6 Å². The SMILES string of the molecule is CC(=O)N1CCCC[C@@H]1C(=O)Nc1cc(Cl)c2c(c1)CCN2Cc1ccc(NC(F)(F)F)cc1. The van der Waals surface area contributed by atoms with Crippen molar-refractivity contribution in [3.05, 3.63) is 52.5 Å². The fraction of sp³-hybridized carbons (Fsp3) is 0.417. The van der Waals surface area contributed by atoms with E-state index < -0.39 is 12.3 Å². The molecule has 2 aromatic rings. The topological polar surface area (TPSA) is 64.7 Å². The summed E-state index contributed by atoms with van der Waals surface area (Å²) in [5.41, 5.74) is 3.28. The maximum atomic E-state index is 12.9. The van der Waals surface area contributed by atoms with Gasteiger partial charge in [-0.3, -0.25) is 14.9 Å². The van der Waals surface area contributed by atoms with Crippen molar-refractivity contribution in [1.82, 2.24) is 4.90 Å². The predicted octanol–water partition coefficient (Wildman–Crippen LogP) is 5.17. The summed E-state index contributed by atoms with van der Waals surface area (Å²) in [5.74, 6) is -0.321. The minimum absolute atomic E-state index is 0.0159. The molecule has 1 fully saturated rings. The number of hydrogen-bond donors (Lipinski definition) is 2. The third kappa shape index (κ3) is 5.58. The number of carbonyl (C=O) groups is 2. The van der Waals surface area contributed by atoms with Gasteiger partial charge in [0.2, 0.25) is 11.8 Å². The zero-order valence-corrected chi connectivity index (χ0v) is 19.5. The molecule has 6 nitrogen and oxygen atoms in total. The van der Waals surface area contributed by atoms with Crippen LogP contribution >= 0.6 is 11.6 Å². The van der Waals surface area contributed by atoms with Crippen LogP contribution in [0.25, 0.3) is 0 Å². The van der Waals surface area contributed by atoms with Crippen molar-refractivity contribution in [1.29, 1.82) is 0 Å². The summed E-state index contributed by atoms with van der Waals surface area (Å²) >= 11 is 6.59. The number of nitrogens with one attached hydrogen (secondary N) is 2. The van der Waals surface area contributed by atoms with Crippen LogP contribution in [0, 0.1) is 0 Å². The van der Waals surface area contributed by atoms with Gasteiger partial charge in [0.05, 0.1) is 10.7 Å². The van der Waals surface area contributed by atoms with Crippen LogP contribution in [0.15, 0.2) is 36.4 Å². The number of hydrogen-bond acceptors (Lipinski definition) is 4. The number of fused-ring (bicyclic) bond motifs is 1. The van der Waals surface area contributed by atoms with E-state index >= 15 is 0 Å². The first-order valence-corrected chi connectivity index (χ1v) is 11.6. The normalized spacial score (nSPS) is 18.0. The molecular formula is C24H26ClF3N4O2. The first kappa shape index (κ1) is 24.2. The van der Waals surface area contributed by atoms with Gasteiger partial charge in [0.25, 0.3) is 0 Å². The second kappa shape index (κ2) is 9.74. The van der Waals surface area contributed by atoms with Crippen molar-refractivity contribution in [3.8, 4) is 0 Å². The van der Waals surface area contributed by atoms with Gasteiger partial charge >= 0.3 is 6.30 Å². The highest BCUT2D eigenvalue weighted by Gasteiger charge is 2.31. The lowest BCUT2D eigenvalue weighted by Crippen LogP contribution is -2.49. The van der Waals surface area contributed by atoms with E-state index in [0.29, 0.717) is 36.8 Å². The number of carbonyl (C=O) groups excluding carboxylic acids is 2. The molecule has 0 radical (unpaired) electrons. The molecule has 2 aliphatic rings. The summed E-state index contributed by atoms with van der Waals surface area (Å²) in [6.07, 6.45) is -1.32. The zero-order chi connectivity index (χ0) is 24.5. The van der Waals surface area contributed by atoms with Gasteiger partial charge in [-0.05, 0) is 61.1 Å². The Kier molecular flexibility index (Phi) is 6.93. The highest BCUT2D eigenvalue weighted by molar-refractivity contribution is 6.34. The van der Waals surface area contributed by atoms with Crippen LogP contribution in [-0.4, -0.2) is 42.1 Å². The summed E-state index contributed by atoms with van der Waals surface area (Å²) < 4.78 is 37.4. The van der Waals surface area contributed by atoms with E-state index in [4.69, 9.17) is 11.6 Å². The van der Waals surface area contributed by atoms with Crippen molar-refractivity contribution in [2.24, 2.45) is 0 Å². The molecule has 34 heavy (non-hydrogen) atoms. The lowest BCUT2D eigenvalue weighted by molar-refractivity contribution is -0.138. The van der Waals surface area contributed by atoms with E-state index in [1.54, 1.807) is 23.1 Å². The fourth-order valence-electron chi connectivity index (χ4n) is 4.68. The zero-order valence-electron chi connectivity index (χ0n) is 18.7. The average Bonchev–Trinajstić information content (AvgIpc) is 3.17. The molecule has 0 bridgehead atoms. The number of piperidine rings is 1. The van der Waals surface area contributed by atoms with Gasteiger partial charge in [0.15, 0.2) is 0 Å². The van der Waals surface area contributed by atoms with E-state index in [1.165, 1.54) is 24.4 Å². The molecule has 0 aliphatic carbocycles. The second-order valence-electron chi connectivity index (χ2n) is 8.67. The second-order valence-corrected chi connectivity index (χ2v) is 9.08. The Morgan fingerprint density at radius 3 is 2.50 bits per heavy atom. The van der Waals surface area contributed by atoms with Gasteiger partial charge in [-0.1, -0.05) is 23.7 Å². The minimum Gasteiger partial charge on any atom is -0.365 e. The Morgan fingerprint density at radius 2 is 1.82 bits per heavy atom. The van der Waals surface area contributed by atoms with Crippen LogP contribution in [0.4, 0.5) is 30.2 Å². The molecule has 0 spiro atoms. The van der Waals surface area contributed by atoms with Gasteiger partial charge < -0.3 is 15.1 Å². The monoisotopic (exact) mass is 494 g/mol. The van der Waals surface area contributed by atoms with Gasteiger partial charge in [-0.15, -0.1) is 0 Å². The van der Waals surface area contributed by atoms with Crippen molar-refractivity contribution < 1.29 is 22.8 Å². The average molecular weight is 495 g/mol. The molecule has 1 atom stereocenters. The summed E-state index contributed by atoms with van der Waals surface area (Å²) in [6, 6.07) is 9.22. The molecule has 2 amide bonds. The van der Waals surface area contributed by atoms with Crippen LogP contribution < -0.4 is 15.5 Å². The van der Waals surface area contributed by atoms with E-state index in [0.717, 1.165) is 36.1 Å². The molecule has 182 valence electrons. The fourth-order valence-corrected chi connectivity index (χ4v) is 5.04. The largest absolute Gasteiger partial charge is 0.482 e. The Balaban J connectivity index is 1.44. The lowest BCUT2D eigenvalue weighted by atomic mass is 10.0. The molecule has 2 aromatic carbocycles. The Labute approximate surface area is 201 Å². The number of likely N-dealkylation sites (tertiary alicyclic amines) is 1. The third-order valence-electron chi connectivity index (χ3n) is 6.20. The van der Waals surface area contributed by atoms with Crippen molar-refractivity contribution in [2.45, 2.75) is 51.5 Å². The molecule has 10 heteroatoms. The maximum absolute atomic E-state index is 12.9. The molecule has 0 unspecified atom stereocenters. The van der Waals surface area contributed by atoms with E-state index in [1.807, 2.05) is 6.07 Å². The third-order valence-corrected chi connectivity index (χ3v) is 6.49. The van der Waals surface area contributed by atoms with Gasteiger partial charge in [0, 0.05) is 37.9 Å². The lowest BCUT2D eigenvalue weighted by Gasteiger charge is -2.34. The smallest absolute Gasteiger partial charge is 0.365 e. The number of amides is 2. The summed E-state index contributed by atoms with van der Waals surface area (Å²) in [5, 5.41) is 4.91. The molecule has 2 N–H and O–H groups in total. The number of rotatable bonds is 5. The van der Waals surface area contributed by atoms with Crippen LogP contribution in [0.3, 0.4) is 0 Å². The van der Waals surface area contributed by atoms with Crippen LogP contribution in [-0.2, 0) is 22.6 Å². The molecular weight excluding hydrogens is 469 g/mol. The van der Waals surface area contributed by atoms with Crippen LogP contribution in [0.2, 0.25) is 5.02 Å². The van der Waals surface area contributed by atoms with Gasteiger partial charge in [0.1, 0.15) is 6.04 Å². The van der Waals surface area contributed by atoms with E-state index in [-0.39, 0.29) is 17.5 Å². The number of benzene rings is 2. The van der Waals surface area contributed by atoms with E-state index in [2.05, 4.69) is 10.2 Å². The summed E-state index contributed by atoms with van der Waals surface area (Å²) in [7, 11) is 0. The predicted molar refractivity (Wildman–Crippen MR) is 126 cm³/mol. The number of alkyl halides is 3. The Hall–Kier alpha value is -2.94. The van der Waals surface area contributed by atoms with Gasteiger partial charge in [-0.2, -0.15) is 13.2 Å². The maximum Gasteiger partial charge on any atom is 0.482 e. The molecule has 4 rings (SSSR count). The van der Waals surface area contributed by atoms with Crippen molar-refractivity contribution >= 4 is 40.5 Å². The minimum atomic E-state index is -4.47. The van der Waals surface area contributed by atoms with E-state index in [9.17, 15) is 22.8 Å². The standard InChI is InChI=1S/C24H26ClF3N4O2/c1-15(33)32-10-3-2-4-21(32)23(34)29-19-12-17-9-11-31(22(17)20(25)13-19)14-16-5-7-18(8-6-16)30-24(26,27)28/h5-8,12-13,21,30H,2-4,9-11,14H2,1H3,(H,29,34)/t21-/m1/s1.